The molecule has 0 radical (unpaired) electrons. The number of aryl methyl sites for hydroxylation is 2. The van der Waals surface area contributed by atoms with E-state index < -0.39 is 5.60 Å². The largest absolute Gasteiger partial charge is 0.387 e. The monoisotopic (exact) mass is 295 g/mol. The molecule has 1 saturated heterocycles. The summed E-state index contributed by atoms with van der Waals surface area (Å²) in [4.78, 5) is 9.96. The minimum Gasteiger partial charge on any atom is -0.387 e. The quantitative estimate of drug-likeness (QED) is 0.911. The molecule has 0 spiro atoms. The Labute approximate surface area is 120 Å². The van der Waals surface area contributed by atoms with Crippen molar-refractivity contribution in [3.8, 4) is 0 Å². The molecule has 3 heterocycles. The van der Waals surface area contributed by atoms with Crippen LogP contribution in [0.5, 0.6) is 0 Å². The number of aromatic nitrogens is 2. The first-order chi connectivity index (χ1) is 9.07. The smallest absolute Gasteiger partial charge is 0.138 e. The summed E-state index contributed by atoms with van der Waals surface area (Å²) in [6.45, 7) is 4.53. The van der Waals surface area contributed by atoms with Crippen LogP contribution in [0, 0.1) is 13.8 Å². The maximum Gasteiger partial charge on any atom is 0.138 e. The summed E-state index contributed by atoms with van der Waals surface area (Å²) in [7, 11) is 0. The molecule has 19 heavy (non-hydrogen) atoms. The van der Waals surface area contributed by atoms with Crippen molar-refractivity contribution in [2.45, 2.75) is 25.9 Å². The average molecular weight is 295 g/mol. The lowest BCUT2D eigenvalue weighted by Crippen LogP contribution is -2.36. The second kappa shape index (κ2) is 4.92. The fourth-order valence-electron chi connectivity index (χ4n) is 2.30. The molecule has 1 fully saturated rings. The van der Waals surface area contributed by atoms with Gasteiger partial charge in [0.2, 0.25) is 0 Å². The zero-order valence-electron chi connectivity index (χ0n) is 11.1. The summed E-state index contributed by atoms with van der Waals surface area (Å²) in [5.74, 6) is 3.46. The van der Waals surface area contributed by atoms with Gasteiger partial charge in [0.15, 0.2) is 0 Å². The number of hydrogen-bond donors (Lipinski definition) is 2. The first kappa shape index (κ1) is 13.1. The van der Waals surface area contributed by atoms with Gasteiger partial charge in [-0.3, -0.25) is 0 Å². The van der Waals surface area contributed by atoms with Gasteiger partial charge in [0.1, 0.15) is 16.5 Å². The summed E-state index contributed by atoms with van der Waals surface area (Å²) in [6, 6.07) is 0. The zero-order valence-corrected chi connectivity index (χ0v) is 12.7. The van der Waals surface area contributed by atoms with Crippen molar-refractivity contribution in [3.63, 3.8) is 0 Å². The minimum absolute atomic E-state index is 0.556. The third-order valence-electron chi connectivity index (χ3n) is 3.40. The Morgan fingerprint density at radius 2 is 2.26 bits per heavy atom. The highest BCUT2D eigenvalue weighted by Gasteiger charge is 2.31. The summed E-state index contributed by atoms with van der Waals surface area (Å²) < 4.78 is 0. The number of hydrogen-bond acceptors (Lipinski definition) is 6. The Morgan fingerprint density at radius 3 is 3.00 bits per heavy atom. The van der Waals surface area contributed by atoms with Crippen LogP contribution in [0.1, 0.15) is 17.8 Å². The van der Waals surface area contributed by atoms with Gasteiger partial charge in [-0.05, 0) is 37.0 Å². The number of nitrogens with zero attached hydrogens (tertiary/aromatic N) is 2. The Morgan fingerprint density at radius 1 is 1.42 bits per heavy atom. The second-order valence-electron chi connectivity index (χ2n) is 5.10. The summed E-state index contributed by atoms with van der Waals surface area (Å²) in [5.41, 5.74) is 0.593. The van der Waals surface area contributed by atoms with Gasteiger partial charge in [0, 0.05) is 12.3 Å². The fourth-order valence-corrected chi connectivity index (χ4v) is 4.56. The van der Waals surface area contributed by atoms with Gasteiger partial charge in [0.05, 0.1) is 11.0 Å². The Bertz CT molecular complexity index is 605. The number of anilines is 1. The van der Waals surface area contributed by atoms with Gasteiger partial charge in [-0.25, -0.2) is 9.97 Å². The van der Waals surface area contributed by atoms with E-state index in [1.807, 2.05) is 18.7 Å². The average Bonchev–Trinajstić information content (AvgIpc) is 2.94. The lowest BCUT2D eigenvalue weighted by atomic mass is 10.0. The molecule has 1 aliphatic heterocycles. The third-order valence-corrected chi connectivity index (χ3v) is 5.62. The molecule has 2 aromatic heterocycles. The van der Waals surface area contributed by atoms with Crippen molar-refractivity contribution in [1.29, 1.82) is 0 Å². The first-order valence-corrected chi connectivity index (χ1v) is 8.37. The molecular formula is C13H17N3OS2. The van der Waals surface area contributed by atoms with Crippen LogP contribution >= 0.6 is 23.1 Å². The van der Waals surface area contributed by atoms with E-state index in [1.165, 1.54) is 5.56 Å². The molecular weight excluding hydrogens is 278 g/mol. The highest BCUT2D eigenvalue weighted by atomic mass is 32.2. The van der Waals surface area contributed by atoms with Crippen LogP contribution in [0.4, 0.5) is 5.82 Å². The van der Waals surface area contributed by atoms with E-state index in [2.05, 4.69) is 27.6 Å². The van der Waals surface area contributed by atoms with Crippen LogP contribution in [0.25, 0.3) is 10.2 Å². The van der Waals surface area contributed by atoms with Crippen molar-refractivity contribution < 1.29 is 5.11 Å². The van der Waals surface area contributed by atoms with Gasteiger partial charge in [-0.2, -0.15) is 11.8 Å². The molecule has 102 valence electrons. The SMILES string of the molecule is Cc1nc(NCC2(O)CCSC2)c2c(C)csc2n1. The van der Waals surface area contributed by atoms with Crippen molar-refractivity contribution in [2.24, 2.45) is 0 Å². The van der Waals surface area contributed by atoms with Crippen LogP contribution < -0.4 is 5.32 Å². The Hall–Kier alpha value is -0.850. The third kappa shape index (κ3) is 2.57. The van der Waals surface area contributed by atoms with Gasteiger partial charge in [0.25, 0.3) is 0 Å². The van der Waals surface area contributed by atoms with Crippen molar-refractivity contribution in [1.82, 2.24) is 9.97 Å². The molecule has 0 bridgehead atoms. The normalized spacial score (nSPS) is 23.1. The molecule has 2 aromatic rings. The number of thiophene rings is 1. The van der Waals surface area contributed by atoms with Crippen LogP contribution in [0.15, 0.2) is 5.38 Å². The number of fused-ring (bicyclic) bond motifs is 1. The van der Waals surface area contributed by atoms with E-state index in [0.717, 1.165) is 39.8 Å². The lowest BCUT2D eigenvalue weighted by molar-refractivity contribution is 0.0819. The molecule has 1 atom stereocenters. The summed E-state index contributed by atoms with van der Waals surface area (Å²) in [5, 5.41) is 16.9. The predicted octanol–water partition coefficient (Wildman–Crippen LogP) is 2.59. The first-order valence-electron chi connectivity index (χ1n) is 6.34. The van der Waals surface area contributed by atoms with Crippen LogP contribution in [0.2, 0.25) is 0 Å². The van der Waals surface area contributed by atoms with Gasteiger partial charge in [-0.1, -0.05) is 0 Å². The number of rotatable bonds is 3. The maximum atomic E-state index is 10.4. The van der Waals surface area contributed by atoms with Gasteiger partial charge in [-0.15, -0.1) is 11.3 Å². The molecule has 2 N–H and O–H groups in total. The van der Waals surface area contributed by atoms with Gasteiger partial charge >= 0.3 is 0 Å². The summed E-state index contributed by atoms with van der Waals surface area (Å²) in [6.07, 6.45) is 0.848. The predicted molar refractivity (Wildman–Crippen MR) is 82.3 cm³/mol. The molecule has 1 aliphatic rings. The molecule has 0 aliphatic carbocycles. The second-order valence-corrected chi connectivity index (χ2v) is 7.06. The van der Waals surface area contributed by atoms with E-state index in [4.69, 9.17) is 0 Å². The molecule has 0 saturated carbocycles. The Balaban J connectivity index is 1.89. The highest BCUT2D eigenvalue weighted by Crippen LogP contribution is 2.31. The van der Waals surface area contributed by atoms with Crippen LogP contribution in [-0.2, 0) is 0 Å². The summed E-state index contributed by atoms with van der Waals surface area (Å²) >= 11 is 3.45. The van der Waals surface area contributed by atoms with E-state index in [9.17, 15) is 5.11 Å². The van der Waals surface area contributed by atoms with Crippen molar-refractivity contribution in [2.75, 3.05) is 23.4 Å². The van der Waals surface area contributed by atoms with E-state index in [-0.39, 0.29) is 0 Å². The Kier molecular flexibility index (Phi) is 3.41. The molecule has 0 amide bonds. The number of aliphatic hydroxyl groups is 1. The standard InChI is InChI=1S/C13H17N3OS2/c1-8-5-19-12-10(8)11(15-9(2)16-12)14-6-13(17)3-4-18-7-13/h5,17H,3-4,6-7H2,1-2H3,(H,14,15,16). The zero-order chi connectivity index (χ0) is 13.5. The van der Waals surface area contributed by atoms with E-state index >= 15 is 0 Å². The molecule has 6 heteroatoms. The molecule has 4 nitrogen and oxygen atoms in total. The van der Waals surface area contributed by atoms with Crippen molar-refractivity contribution >= 4 is 39.1 Å². The van der Waals surface area contributed by atoms with Crippen molar-refractivity contribution in [3.05, 3.63) is 16.8 Å². The van der Waals surface area contributed by atoms with E-state index in [1.54, 1.807) is 11.3 Å². The topological polar surface area (TPSA) is 58.0 Å². The van der Waals surface area contributed by atoms with Crippen LogP contribution in [0.3, 0.4) is 0 Å². The fraction of sp³-hybridized carbons (Fsp3) is 0.538. The maximum absolute atomic E-state index is 10.4. The van der Waals surface area contributed by atoms with E-state index in [0.29, 0.717) is 6.54 Å². The molecule has 0 aromatic carbocycles. The number of nitrogens with one attached hydrogen (secondary N) is 1. The molecule has 3 rings (SSSR count). The minimum atomic E-state index is -0.597. The van der Waals surface area contributed by atoms with Gasteiger partial charge < -0.3 is 10.4 Å². The highest BCUT2D eigenvalue weighted by molar-refractivity contribution is 7.99. The molecule has 1 unspecified atom stereocenters. The number of thioether (sulfide) groups is 1. The lowest BCUT2D eigenvalue weighted by Gasteiger charge is -2.22. The van der Waals surface area contributed by atoms with Crippen LogP contribution in [-0.4, -0.2) is 38.7 Å².